The number of fused-ring (bicyclic) bond motifs is 2. The molecule has 0 amide bonds. The Hall–Kier alpha value is -3.87. The van der Waals surface area contributed by atoms with Crippen LogP contribution in [-0.2, 0) is 0 Å². The van der Waals surface area contributed by atoms with E-state index in [2.05, 4.69) is 21.6 Å². The van der Waals surface area contributed by atoms with Crippen molar-refractivity contribution in [3.8, 4) is 11.4 Å². The van der Waals surface area contributed by atoms with E-state index >= 15 is 0 Å². The molecular formula is C26H28N6O. The molecule has 33 heavy (non-hydrogen) atoms. The van der Waals surface area contributed by atoms with Crippen LogP contribution >= 0.6 is 0 Å². The van der Waals surface area contributed by atoms with Gasteiger partial charge in [0, 0.05) is 42.9 Å². The molecular weight excluding hydrogens is 412 g/mol. The quantitative estimate of drug-likeness (QED) is 0.318. The van der Waals surface area contributed by atoms with Gasteiger partial charge in [0.2, 0.25) is 0 Å². The average molecular weight is 441 g/mol. The lowest BCUT2D eigenvalue weighted by Gasteiger charge is -2.32. The van der Waals surface area contributed by atoms with E-state index in [1.54, 1.807) is 0 Å². The summed E-state index contributed by atoms with van der Waals surface area (Å²) in [5.74, 6) is 2.40. The zero-order valence-electron chi connectivity index (χ0n) is 18.9. The summed E-state index contributed by atoms with van der Waals surface area (Å²) < 4.78 is 8.50. The number of aryl methyl sites for hydroxylation is 1. The minimum absolute atomic E-state index is 0.0601. The van der Waals surface area contributed by atoms with Crippen LogP contribution < -0.4 is 10.5 Å². The number of piperidine rings is 1. The molecule has 3 aromatic carbocycles. The monoisotopic (exact) mass is 440 g/mol. The summed E-state index contributed by atoms with van der Waals surface area (Å²) >= 11 is 0. The van der Waals surface area contributed by atoms with Gasteiger partial charge in [-0.25, -0.2) is 4.98 Å². The molecule has 0 radical (unpaired) electrons. The summed E-state index contributed by atoms with van der Waals surface area (Å²) in [5, 5.41) is 17.7. The third kappa shape index (κ3) is 3.80. The van der Waals surface area contributed by atoms with E-state index in [1.807, 2.05) is 56.3 Å². The van der Waals surface area contributed by atoms with E-state index < -0.39 is 0 Å². The highest BCUT2D eigenvalue weighted by Crippen LogP contribution is 2.31. The van der Waals surface area contributed by atoms with Gasteiger partial charge in [-0.15, -0.1) is 0 Å². The Labute approximate surface area is 192 Å². The minimum Gasteiger partial charge on any atom is -0.490 e. The molecule has 7 heteroatoms. The molecule has 0 unspecified atom stereocenters. The summed E-state index contributed by atoms with van der Waals surface area (Å²) in [7, 11) is 0. The van der Waals surface area contributed by atoms with Gasteiger partial charge in [-0.3, -0.25) is 15.4 Å². The molecule has 2 heterocycles. The Kier molecular flexibility index (Phi) is 5.24. The maximum absolute atomic E-state index is 7.95. The highest BCUT2D eigenvalue weighted by atomic mass is 16.5. The summed E-state index contributed by atoms with van der Waals surface area (Å²) in [6.45, 7) is 5.55. The molecule has 0 atom stereocenters. The van der Waals surface area contributed by atoms with E-state index in [0.29, 0.717) is 5.84 Å². The number of nitrogen functional groups attached to an aromatic ring is 1. The van der Waals surface area contributed by atoms with Crippen LogP contribution in [0.15, 0.2) is 54.6 Å². The van der Waals surface area contributed by atoms with Crippen LogP contribution in [-0.4, -0.2) is 45.3 Å². The summed E-state index contributed by atoms with van der Waals surface area (Å²) in [6.07, 6.45) is 1.96. The number of imidazole rings is 1. The van der Waals surface area contributed by atoms with Gasteiger partial charge in [-0.2, -0.15) is 0 Å². The first kappa shape index (κ1) is 21.0. The number of nitrogens with two attached hydrogens (primary N) is 1. The summed E-state index contributed by atoms with van der Waals surface area (Å²) in [6, 6.07) is 18.0. The fourth-order valence-electron chi connectivity index (χ4n) is 4.77. The predicted octanol–water partition coefficient (Wildman–Crippen LogP) is 4.61. The van der Waals surface area contributed by atoms with Gasteiger partial charge in [0.1, 0.15) is 23.5 Å². The second-order valence-corrected chi connectivity index (χ2v) is 8.63. The van der Waals surface area contributed by atoms with Crippen LogP contribution in [0.25, 0.3) is 27.5 Å². The third-order valence-electron chi connectivity index (χ3n) is 6.44. The smallest absolute Gasteiger partial charge is 0.123 e. The van der Waals surface area contributed by atoms with Crippen molar-refractivity contribution < 1.29 is 4.74 Å². The molecule has 1 aliphatic heterocycles. The molecule has 0 spiro atoms. The van der Waals surface area contributed by atoms with E-state index in [1.165, 1.54) is 0 Å². The SMILES string of the molecule is CC(=N)N1CCC(Oc2ccc3nc(C)n(-c4ccc(C(=N)N)c5ccccc45)c3c2)CC1. The second-order valence-electron chi connectivity index (χ2n) is 8.63. The van der Waals surface area contributed by atoms with E-state index in [4.69, 9.17) is 26.3 Å². The lowest BCUT2D eigenvalue weighted by atomic mass is 10.0. The Balaban J connectivity index is 1.54. The van der Waals surface area contributed by atoms with Crippen LogP contribution in [0.5, 0.6) is 5.75 Å². The van der Waals surface area contributed by atoms with E-state index in [0.717, 1.165) is 70.6 Å². The fraction of sp³-hybridized carbons (Fsp3) is 0.269. The van der Waals surface area contributed by atoms with Crippen LogP contribution in [0.1, 0.15) is 31.2 Å². The van der Waals surface area contributed by atoms with Gasteiger partial charge >= 0.3 is 0 Å². The zero-order valence-corrected chi connectivity index (χ0v) is 18.9. The van der Waals surface area contributed by atoms with Crippen LogP contribution in [0, 0.1) is 17.7 Å². The molecule has 0 saturated carbocycles. The van der Waals surface area contributed by atoms with Gasteiger partial charge in [-0.05, 0) is 43.5 Å². The van der Waals surface area contributed by atoms with Crippen molar-refractivity contribution in [2.75, 3.05) is 13.1 Å². The van der Waals surface area contributed by atoms with Gasteiger partial charge in [-0.1, -0.05) is 24.3 Å². The standard InChI is InChI=1S/C26H28N6O/c1-16(27)31-13-11-18(12-14-31)33-19-7-9-23-25(15-19)32(17(2)30-23)24-10-8-22(26(28)29)20-5-3-4-6-21(20)24/h3-10,15,18,27H,11-14H2,1-2H3,(H3,28,29). The normalized spacial score (nSPS) is 14.7. The first-order valence-corrected chi connectivity index (χ1v) is 11.2. The van der Waals surface area contributed by atoms with Crippen LogP contribution in [0.4, 0.5) is 0 Å². The van der Waals surface area contributed by atoms with Gasteiger partial charge in [0.05, 0.1) is 22.6 Å². The summed E-state index contributed by atoms with van der Waals surface area (Å²) in [4.78, 5) is 6.88. The number of nitrogens with zero attached hydrogens (tertiary/aromatic N) is 3. The molecule has 168 valence electrons. The average Bonchev–Trinajstić information content (AvgIpc) is 3.13. The molecule has 4 aromatic rings. The Morgan fingerprint density at radius 2 is 1.76 bits per heavy atom. The Morgan fingerprint density at radius 3 is 2.45 bits per heavy atom. The molecule has 1 aliphatic rings. The number of ether oxygens (including phenoxy) is 1. The molecule has 1 aromatic heterocycles. The lowest BCUT2D eigenvalue weighted by molar-refractivity contribution is 0.130. The molecule has 1 fully saturated rings. The van der Waals surface area contributed by atoms with Crippen LogP contribution in [0.3, 0.4) is 0 Å². The molecule has 0 bridgehead atoms. The van der Waals surface area contributed by atoms with Crippen molar-refractivity contribution in [1.82, 2.24) is 14.5 Å². The number of aromatic nitrogens is 2. The van der Waals surface area contributed by atoms with Crippen LogP contribution in [0.2, 0.25) is 0 Å². The second kappa shape index (κ2) is 8.24. The Bertz CT molecular complexity index is 1380. The minimum atomic E-state index is 0.0601. The number of likely N-dealkylation sites (tertiary alicyclic amines) is 1. The highest BCUT2D eigenvalue weighted by molar-refractivity contribution is 6.09. The molecule has 4 N–H and O–H groups in total. The first-order chi connectivity index (χ1) is 15.9. The van der Waals surface area contributed by atoms with E-state index in [-0.39, 0.29) is 11.9 Å². The summed E-state index contributed by atoms with van der Waals surface area (Å²) in [5.41, 5.74) is 9.46. The molecule has 1 saturated heterocycles. The Morgan fingerprint density at radius 1 is 1.03 bits per heavy atom. The number of benzene rings is 3. The predicted molar refractivity (Wildman–Crippen MR) is 133 cm³/mol. The number of amidine groups is 2. The van der Waals surface area contributed by atoms with Gasteiger partial charge < -0.3 is 15.4 Å². The number of hydrogen-bond donors (Lipinski definition) is 3. The van der Waals surface area contributed by atoms with Crippen molar-refractivity contribution in [3.05, 3.63) is 66.0 Å². The molecule has 7 nitrogen and oxygen atoms in total. The van der Waals surface area contributed by atoms with Crippen molar-refractivity contribution in [3.63, 3.8) is 0 Å². The first-order valence-electron chi connectivity index (χ1n) is 11.2. The van der Waals surface area contributed by atoms with Crippen molar-refractivity contribution in [2.45, 2.75) is 32.8 Å². The number of hydrogen-bond acceptors (Lipinski definition) is 4. The zero-order chi connectivity index (χ0) is 23.1. The maximum atomic E-state index is 7.95. The maximum Gasteiger partial charge on any atom is 0.123 e. The lowest BCUT2D eigenvalue weighted by Crippen LogP contribution is -2.40. The number of rotatable bonds is 4. The fourth-order valence-corrected chi connectivity index (χ4v) is 4.77. The third-order valence-corrected chi connectivity index (χ3v) is 6.44. The van der Waals surface area contributed by atoms with E-state index in [9.17, 15) is 0 Å². The molecule has 5 rings (SSSR count). The topological polar surface area (TPSA) is 104 Å². The largest absolute Gasteiger partial charge is 0.490 e. The highest BCUT2D eigenvalue weighted by Gasteiger charge is 2.21. The van der Waals surface area contributed by atoms with Crippen molar-refractivity contribution in [2.24, 2.45) is 5.73 Å². The van der Waals surface area contributed by atoms with Crippen molar-refractivity contribution in [1.29, 1.82) is 10.8 Å². The van der Waals surface area contributed by atoms with Gasteiger partial charge in [0.25, 0.3) is 0 Å². The molecule has 0 aliphatic carbocycles. The van der Waals surface area contributed by atoms with Gasteiger partial charge in [0.15, 0.2) is 0 Å². The van der Waals surface area contributed by atoms with Crippen molar-refractivity contribution >= 4 is 33.5 Å². The number of nitrogens with one attached hydrogen (secondary N) is 2.